The van der Waals surface area contributed by atoms with Crippen LogP contribution in [-0.2, 0) is 0 Å². The highest BCUT2D eigenvalue weighted by molar-refractivity contribution is 7.98. The maximum Gasteiger partial charge on any atom is 0.190 e. The first kappa shape index (κ1) is 13.7. The molecule has 0 N–H and O–H groups in total. The summed E-state index contributed by atoms with van der Waals surface area (Å²) in [5.41, 5.74) is 1.37. The first-order chi connectivity index (χ1) is 9.15. The molecule has 2 rings (SSSR count). The molecule has 0 aliphatic carbocycles. The third kappa shape index (κ3) is 2.98. The maximum atomic E-state index is 9.13. The van der Waals surface area contributed by atoms with Gasteiger partial charge in [0.05, 0.1) is 11.3 Å². The summed E-state index contributed by atoms with van der Waals surface area (Å²) < 4.78 is 0. The van der Waals surface area contributed by atoms with E-state index in [2.05, 4.69) is 16.0 Å². The Hall–Kier alpha value is -1.77. The number of hydrogen-bond donors (Lipinski definition) is 0. The van der Waals surface area contributed by atoms with Gasteiger partial charge in [0.25, 0.3) is 0 Å². The Bertz CT molecular complexity index is 639. The first-order valence-corrected chi connectivity index (χ1v) is 7.07. The molecular formula is C13H11ClN4S. The molecule has 1 heterocycles. The summed E-state index contributed by atoms with van der Waals surface area (Å²) in [6, 6.07) is 11.2. The number of rotatable bonds is 3. The van der Waals surface area contributed by atoms with E-state index in [9.17, 15) is 0 Å². The maximum absolute atomic E-state index is 9.13. The average Bonchev–Trinajstić information content (AvgIpc) is 2.45. The highest BCUT2D eigenvalue weighted by Gasteiger charge is 2.12. The lowest BCUT2D eigenvalue weighted by Gasteiger charge is -2.19. The predicted octanol–water partition coefficient (Wildman–Crippen LogP) is 3.49. The molecule has 1 aromatic heterocycles. The average molecular weight is 291 g/mol. The van der Waals surface area contributed by atoms with E-state index >= 15 is 0 Å². The van der Waals surface area contributed by atoms with Crippen LogP contribution in [0.1, 0.15) is 5.56 Å². The van der Waals surface area contributed by atoms with Crippen LogP contribution in [0.25, 0.3) is 0 Å². The normalized spacial score (nSPS) is 10.0. The number of benzene rings is 1. The molecule has 0 atom stereocenters. The van der Waals surface area contributed by atoms with Crippen molar-refractivity contribution in [1.82, 2.24) is 9.97 Å². The lowest BCUT2D eigenvalue weighted by molar-refractivity contribution is 0.945. The van der Waals surface area contributed by atoms with Crippen LogP contribution in [0.4, 0.5) is 11.5 Å². The molecule has 2 aromatic rings. The van der Waals surface area contributed by atoms with Gasteiger partial charge in [0.2, 0.25) is 0 Å². The summed E-state index contributed by atoms with van der Waals surface area (Å²) >= 11 is 7.40. The second-order valence-electron chi connectivity index (χ2n) is 3.72. The lowest BCUT2D eigenvalue weighted by Crippen LogP contribution is -2.13. The number of anilines is 2. The standard InChI is InChI=1S/C13H11ClN4S/c1-18(10-6-4-3-5-9(10)8-15)12-7-11(14)16-13(17-12)19-2/h3-7H,1-2H3. The number of aromatic nitrogens is 2. The van der Waals surface area contributed by atoms with E-state index in [0.717, 1.165) is 5.69 Å². The molecule has 6 heteroatoms. The number of halogens is 1. The van der Waals surface area contributed by atoms with Crippen molar-refractivity contribution in [2.45, 2.75) is 5.16 Å². The molecule has 0 fully saturated rings. The molecular weight excluding hydrogens is 280 g/mol. The van der Waals surface area contributed by atoms with Gasteiger partial charge in [0.1, 0.15) is 17.0 Å². The smallest absolute Gasteiger partial charge is 0.190 e. The van der Waals surface area contributed by atoms with E-state index in [1.54, 1.807) is 12.1 Å². The molecule has 0 aliphatic heterocycles. The van der Waals surface area contributed by atoms with Crippen LogP contribution in [0, 0.1) is 11.3 Å². The molecule has 0 saturated carbocycles. The molecule has 19 heavy (non-hydrogen) atoms. The second kappa shape index (κ2) is 5.91. The molecule has 1 aromatic carbocycles. The van der Waals surface area contributed by atoms with Crippen molar-refractivity contribution >= 4 is 34.9 Å². The number of nitrogens with zero attached hydrogens (tertiary/aromatic N) is 4. The molecule has 0 amide bonds. The number of thioether (sulfide) groups is 1. The van der Waals surface area contributed by atoms with Gasteiger partial charge in [-0.3, -0.25) is 0 Å². The zero-order valence-electron chi connectivity index (χ0n) is 10.5. The molecule has 0 unspecified atom stereocenters. The summed E-state index contributed by atoms with van der Waals surface area (Å²) in [4.78, 5) is 10.3. The first-order valence-electron chi connectivity index (χ1n) is 5.47. The lowest BCUT2D eigenvalue weighted by atomic mass is 10.2. The van der Waals surface area contributed by atoms with Crippen molar-refractivity contribution in [2.24, 2.45) is 0 Å². The van der Waals surface area contributed by atoms with Gasteiger partial charge in [-0.2, -0.15) is 5.26 Å². The van der Waals surface area contributed by atoms with E-state index < -0.39 is 0 Å². The third-order valence-corrected chi connectivity index (χ3v) is 3.31. The zero-order chi connectivity index (χ0) is 13.8. The van der Waals surface area contributed by atoms with Gasteiger partial charge in [-0.15, -0.1) is 0 Å². The van der Waals surface area contributed by atoms with Gasteiger partial charge in [0, 0.05) is 13.1 Å². The number of para-hydroxylation sites is 1. The van der Waals surface area contributed by atoms with Crippen molar-refractivity contribution in [3.8, 4) is 6.07 Å². The fraction of sp³-hybridized carbons (Fsp3) is 0.154. The van der Waals surface area contributed by atoms with Gasteiger partial charge in [-0.1, -0.05) is 35.5 Å². The Kier molecular flexibility index (Phi) is 4.25. The van der Waals surface area contributed by atoms with Crippen LogP contribution < -0.4 is 4.90 Å². The molecule has 4 nitrogen and oxygen atoms in total. The quantitative estimate of drug-likeness (QED) is 0.492. The summed E-state index contributed by atoms with van der Waals surface area (Å²) in [5.74, 6) is 0.659. The molecule has 0 aliphatic rings. The summed E-state index contributed by atoms with van der Waals surface area (Å²) in [5, 5.41) is 10.1. The topological polar surface area (TPSA) is 52.8 Å². The molecule has 0 saturated heterocycles. The highest BCUT2D eigenvalue weighted by atomic mass is 35.5. The molecule has 0 radical (unpaired) electrons. The monoisotopic (exact) mass is 290 g/mol. The fourth-order valence-corrected chi connectivity index (χ4v) is 2.23. The van der Waals surface area contributed by atoms with Crippen molar-refractivity contribution in [3.63, 3.8) is 0 Å². The van der Waals surface area contributed by atoms with Gasteiger partial charge < -0.3 is 4.90 Å². The Morgan fingerprint density at radius 1 is 1.32 bits per heavy atom. The van der Waals surface area contributed by atoms with Crippen LogP contribution in [0.2, 0.25) is 5.15 Å². The van der Waals surface area contributed by atoms with Gasteiger partial charge in [-0.25, -0.2) is 9.97 Å². The molecule has 0 spiro atoms. The fourth-order valence-electron chi connectivity index (χ4n) is 1.63. The molecule has 0 bridgehead atoms. The number of nitriles is 1. The van der Waals surface area contributed by atoms with Gasteiger partial charge in [0.15, 0.2) is 5.16 Å². The minimum Gasteiger partial charge on any atom is -0.328 e. The van der Waals surface area contributed by atoms with E-state index in [1.165, 1.54) is 11.8 Å². The van der Waals surface area contributed by atoms with Crippen LogP contribution in [0.5, 0.6) is 0 Å². The predicted molar refractivity (Wildman–Crippen MR) is 78.0 cm³/mol. The number of hydrogen-bond acceptors (Lipinski definition) is 5. The van der Waals surface area contributed by atoms with Gasteiger partial charge in [-0.05, 0) is 18.4 Å². The van der Waals surface area contributed by atoms with E-state index in [1.807, 2.05) is 36.4 Å². The summed E-state index contributed by atoms with van der Waals surface area (Å²) in [6.07, 6.45) is 1.89. The second-order valence-corrected chi connectivity index (χ2v) is 4.88. The van der Waals surface area contributed by atoms with E-state index in [4.69, 9.17) is 16.9 Å². The van der Waals surface area contributed by atoms with Crippen LogP contribution in [0.15, 0.2) is 35.5 Å². The van der Waals surface area contributed by atoms with Crippen molar-refractivity contribution in [1.29, 1.82) is 5.26 Å². The Balaban J connectivity index is 2.47. The van der Waals surface area contributed by atoms with Gasteiger partial charge >= 0.3 is 0 Å². The summed E-state index contributed by atoms with van der Waals surface area (Å²) in [7, 11) is 1.85. The van der Waals surface area contributed by atoms with Crippen LogP contribution in [0.3, 0.4) is 0 Å². The van der Waals surface area contributed by atoms with Crippen LogP contribution >= 0.6 is 23.4 Å². The largest absolute Gasteiger partial charge is 0.328 e. The minimum atomic E-state index is 0.385. The highest BCUT2D eigenvalue weighted by Crippen LogP contribution is 2.27. The molecule has 96 valence electrons. The SMILES string of the molecule is CSc1nc(Cl)cc(N(C)c2ccccc2C#N)n1. The van der Waals surface area contributed by atoms with Crippen molar-refractivity contribution in [2.75, 3.05) is 18.2 Å². The Labute approximate surface area is 121 Å². The van der Waals surface area contributed by atoms with Crippen LogP contribution in [-0.4, -0.2) is 23.3 Å². The summed E-state index contributed by atoms with van der Waals surface area (Å²) in [6.45, 7) is 0. The Morgan fingerprint density at radius 2 is 2.05 bits per heavy atom. The Morgan fingerprint density at radius 3 is 2.74 bits per heavy atom. The third-order valence-electron chi connectivity index (χ3n) is 2.57. The van der Waals surface area contributed by atoms with E-state index in [0.29, 0.717) is 21.7 Å². The van der Waals surface area contributed by atoms with Crippen molar-refractivity contribution < 1.29 is 0 Å². The van der Waals surface area contributed by atoms with E-state index in [-0.39, 0.29) is 0 Å². The zero-order valence-corrected chi connectivity index (χ0v) is 12.0. The minimum absolute atomic E-state index is 0.385. The van der Waals surface area contributed by atoms with Crippen molar-refractivity contribution in [3.05, 3.63) is 41.0 Å².